The molecule has 0 saturated heterocycles. The first kappa shape index (κ1) is 22.4. The number of phenols is 1. The molecule has 158 valence electrons. The fraction of sp³-hybridized carbons (Fsp3) is 0.192. The molecule has 0 amide bonds. The van der Waals surface area contributed by atoms with Crippen molar-refractivity contribution in [3.63, 3.8) is 0 Å². The lowest BCUT2D eigenvalue weighted by Crippen LogP contribution is -2.01. The minimum Gasteiger partial charge on any atom is -0.507 e. The monoisotopic (exact) mass is 431 g/mol. The summed E-state index contributed by atoms with van der Waals surface area (Å²) in [5.41, 5.74) is 5.43. The second-order valence-corrected chi connectivity index (χ2v) is 7.59. The number of aryl methyl sites for hydroxylation is 3. The minimum absolute atomic E-state index is 0.143. The summed E-state index contributed by atoms with van der Waals surface area (Å²) in [6, 6.07) is 19.1. The van der Waals surface area contributed by atoms with Gasteiger partial charge < -0.3 is 5.11 Å². The third kappa shape index (κ3) is 5.09. The second kappa shape index (κ2) is 9.71. The van der Waals surface area contributed by atoms with E-state index in [1.807, 2.05) is 89.2 Å². The fourth-order valence-corrected chi connectivity index (χ4v) is 3.38. The maximum Gasteiger partial charge on any atom is 0.167 e. The first-order valence-corrected chi connectivity index (χ1v) is 10.7. The third-order valence-electron chi connectivity index (χ3n) is 4.77. The second-order valence-electron chi connectivity index (χ2n) is 7.15. The Hall–Kier alpha value is -3.24. The maximum absolute atomic E-state index is 10.5. The van der Waals surface area contributed by atoms with Crippen LogP contribution in [0.1, 0.15) is 30.5 Å². The van der Waals surface area contributed by atoms with E-state index in [0.29, 0.717) is 28.1 Å². The number of phenolic OH excluding ortho intramolecular Hbond substituents is 1. The summed E-state index contributed by atoms with van der Waals surface area (Å²) < 4.78 is 0. The lowest BCUT2D eigenvalue weighted by molar-refractivity contribution is 0.476. The number of aromatic hydroxyl groups is 1. The molecule has 0 radical (unpaired) electrons. The summed E-state index contributed by atoms with van der Waals surface area (Å²) in [4.78, 5) is 14.1. The van der Waals surface area contributed by atoms with Crippen molar-refractivity contribution in [1.29, 1.82) is 0 Å². The Kier molecular flexibility index (Phi) is 7.03. The minimum atomic E-state index is 0.143. The van der Waals surface area contributed by atoms with Crippen molar-refractivity contribution in [2.24, 2.45) is 0 Å². The molecule has 5 heteroatoms. The summed E-state index contributed by atoms with van der Waals surface area (Å²) >= 11 is 6.12. The van der Waals surface area contributed by atoms with Gasteiger partial charge in [-0.3, -0.25) is 0 Å². The number of rotatable bonds is 3. The molecule has 4 rings (SSSR count). The van der Waals surface area contributed by atoms with E-state index in [9.17, 15) is 5.11 Å². The van der Waals surface area contributed by atoms with Crippen LogP contribution in [0.15, 0.2) is 60.7 Å². The van der Waals surface area contributed by atoms with E-state index in [4.69, 9.17) is 16.6 Å². The van der Waals surface area contributed by atoms with Gasteiger partial charge in [0.05, 0.1) is 5.56 Å². The highest BCUT2D eigenvalue weighted by Crippen LogP contribution is 2.31. The molecule has 0 aliphatic carbocycles. The van der Waals surface area contributed by atoms with Gasteiger partial charge in [-0.2, -0.15) is 0 Å². The molecule has 0 saturated carbocycles. The highest BCUT2D eigenvalue weighted by atomic mass is 35.5. The van der Waals surface area contributed by atoms with Crippen LogP contribution in [0.3, 0.4) is 0 Å². The molecule has 1 aromatic heterocycles. The quantitative estimate of drug-likeness (QED) is 0.373. The number of hydrogen-bond donors (Lipinski definition) is 1. The average molecular weight is 432 g/mol. The summed E-state index contributed by atoms with van der Waals surface area (Å²) in [6.07, 6.45) is 0. The standard InChI is InChI=1S/C24H20ClN3O.C2H6/c1-14-4-7-17(8-5-14)22-26-23(19-11-9-18(25)13-16(19)3)28-24(27-22)20-10-6-15(2)12-21(20)29;1-2/h4-13,29H,1-3H3;1-2H3. The molecule has 31 heavy (non-hydrogen) atoms. The van der Waals surface area contributed by atoms with Gasteiger partial charge in [-0.05, 0) is 62.2 Å². The zero-order valence-electron chi connectivity index (χ0n) is 18.4. The molecule has 4 nitrogen and oxygen atoms in total. The highest BCUT2D eigenvalue weighted by molar-refractivity contribution is 6.30. The van der Waals surface area contributed by atoms with Crippen LogP contribution in [0.5, 0.6) is 5.75 Å². The number of benzene rings is 3. The van der Waals surface area contributed by atoms with E-state index >= 15 is 0 Å². The predicted molar refractivity (Wildman–Crippen MR) is 128 cm³/mol. The van der Waals surface area contributed by atoms with Gasteiger partial charge in [-0.25, -0.2) is 15.0 Å². The Balaban J connectivity index is 0.00000132. The molecule has 1 heterocycles. The maximum atomic E-state index is 10.5. The lowest BCUT2D eigenvalue weighted by atomic mass is 10.1. The van der Waals surface area contributed by atoms with Crippen molar-refractivity contribution in [2.45, 2.75) is 34.6 Å². The Bertz CT molecular complexity index is 1130. The summed E-state index contributed by atoms with van der Waals surface area (Å²) in [7, 11) is 0. The van der Waals surface area contributed by atoms with Crippen LogP contribution < -0.4 is 0 Å². The smallest absolute Gasteiger partial charge is 0.167 e. The number of nitrogens with zero attached hydrogens (tertiary/aromatic N) is 3. The van der Waals surface area contributed by atoms with Gasteiger partial charge in [0.15, 0.2) is 17.5 Å². The molecule has 0 aliphatic rings. The molecule has 4 aromatic rings. The zero-order chi connectivity index (χ0) is 22.5. The molecular weight excluding hydrogens is 406 g/mol. The van der Waals surface area contributed by atoms with Crippen molar-refractivity contribution in [3.8, 4) is 39.9 Å². The predicted octanol–water partition coefficient (Wildman–Crippen LogP) is 7.18. The Labute approximate surface area is 188 Å². The van der Waals surface area contributed by atoms with Crippen LogP contribution >= 0.6 is 11.6 Å². The Morgan fingerprint density at radius 2 is 1.19 bits per heavy atom. The number of aromatic nitrogens is 3. The molecule has 0 bridgehead atoms. The van der Waals surface area contributed by atoms with Gasteiger partial charge in [-0.1, -0.05) is 61.3 Å². The van der Waals surface area contributed by atoms with Crippen LogP contribution in [-0.2, 0) is 0 Å². The molecule has 3 aromatic carbocycles. The van der Waals surface area contributed by atoms with E-state index in [0.717, 1.165) is 27.8 Å². The molecule has 0 fully saturated rings. The van der Waals surface area contributed by atoms with Gasteiger partial charge in [0.2, 0.25) is 0 Å². The van der Waals surface area contributed by atoms with Crippen LogP contribution in [0, 0.1) is 20.8 Å². The molecular formula is C26H26ClN3O. The Morgan fingerprint density at radius 3 is 1.81 bits per heavy atom. The van der Waals surface area contributed by atoms with Gasteiger partial charge in [0.25, 0.3) is 0 Å². The lowest BCUT2D eigenvalue weighted by Gasteiger charge is -2.11. The van der Waals surface area contributed by atoms with E-state index < -0.39 is 0 Å². The van der Waals surface area contributed by atoms with Crippen LogP contribution in [0.25, 0.3) is 34.2 Å². The Morgan fingerprint density at radius 1 is 0.645 bits per heavy atom. The van der Waals surface area contributed by atoms with Crippen molar-refractivity contribution >= 4 is 11.6 Å². The number of hydrogen-bond acceptors (Lipinski definition) is 4. The van der Waals surface area contributed by atoms with Gasteiger partial charge in [-0.15, -0.1) is 0 Å². The van der Waals surface area contributed by atoms with E-state index in [1.165, 1.54) is 0 Å². The SMILES string of the molecule is CC.Cc1ccc(-c2nc(-c3ccc(Cl)cc3C)nc(-c3ccc(C)cc3O)n2)cc1. The third-order valence-corrected chi connectivity index (χ3v) is 5.00. The molecule has 0 atom stereocenters. The van der Waals surface area contributed by atoms with Crippen molar-refractivity contribution in [2.75, 3.05) is 0 Å². The summed E-state index contributed by atoms with van der Waals surface area (Å²) in [5, 5.41) is 11.1. The summed E-state index contributed by atoms with van der Waals surface area (Å²) in [5.74, 6) is 1.67. The van der Waals surface area contributed by atoms with Gasteiger partial charge >= 0.3 is 0 Å². The molecule has 0 aliphatic heterocycles. The van der Waals surface area contributed by atoms with Gasteiger partial charge in [0.1, 0.15) is 5.75 Å². The van der Waals surface area contributed by atoms with E-state index in [1.54, 1.807) is 6.07 Å². The molecule has 0 unspecified atom stereocenters. The normalized spacial score (nSPS) is 10.4. The largest absolute Gasteiger partial charge is 0.507 e. The average Bonchev–Trinajstić information content (AvgIpc) is 2.75. The van der Waals surface area contributed by atoms with Crippen LogP contribution in [0.2, 0.25) is 5.02 Å². The topological polar surface area (TPSA) is 58.9 Å². The molecule has 1 N–H and O–H groups in total. The van der Waals surface area contributed by atoms with Gasteiger partial charge in [0, 0.05) is 16.1 Å². The van der Waals surface area contributed by atoms with Crippen LogP contribution in [-0.4, -0.2) is 20.1 Å². The first-order valence-electron chi connectivity index (χ1n) is 10.3. The van der Waals surface area contributed by atoms with E-state index in [-0.39, 0.29) is 5.75 Å². The zero-order valence-corrected chi connectivity index (χ0v) is 19.2. The van der Waals surface area contributed by atoms with Crippen molar-refractivity contribution in [1.82, 2.24) is 15.0 Å². The van der Waals surface area contributed by atoms with Crippen molar-refractivity contribution < 1.29 is 5.11 Å². The molecule has 0 spiro atoms. The number of halogens is 1. The fourth-order valence-electron chi connectivity index (χ4n) is 3.16. The van der Waals surface area contributed by atoms with Crippen LogP contribution in [0.4, 0.5) is 0 Å². The van der Waals surface area contributed by atoms with E-state index in [2.05, 4.69) is 9.97 Å². The summed E-state index contributed by atoms with van der Waals surface area (Å²) in [6.45, 7) is 9.94. The highest BCUT2D eigenvalue weighted by Gasteiger charge is 2.15. The van der Waals surface area contributed by atoms with Crippen molar-refractivity contribution in [3.05, 3.63) is 82.4 Å². The first-order chi connectivity index (χ1) is 14.9.